The third-order valence-corrected chi connectivity index (χ3v) is 5.76. The molecule has 1 N–H and O–H groups in total. The molecule has 3 atom stereocenters. The van der Waals surface area contributed by atoms with Gasteiger partial charge in [0, 0.05) is 13.0 Å². The predicted molar refractivity (Wildman–Crippen MR) is 94.2 cm³/mol. The van der Waals surface area contributed by atoms with E-state index < -0.39 is 0 Å². The molecular formula is C20H30N2O. The first-order valence-corrected chi connectivity index (χ1v) is 9.22. The second kappa shape index (κ2) is 7.48. The van der Waals surface area contributed by atoms with Crippen LogP contribution in [0.4, 0.5) is 0 Å². The van der Waals surface area contributed by atoms with Crippen LogP contribution in [0.2, 0.25) is 0 Å². The van der Waals surface area contributed by atoms with Crippen LogP contribution in [0.1, 0.15) is 56.2 Å². The number of carbonyl (C=O) groups is 1. The van der Waals surface area contributed by atoms with Crippen LogP contribution < -0.4 is 5.32 Å². The zero-order valence-electron chi connectivity index (χ0n) is 14.6. The van der Waals surface area contributed by atoms with Crippen molar-refractivity contribution < 1.29 is 4.79 Å². The van der Waals surface area contributed by atoms with Crippen molar-refractivity contribution in [3.63, 3.8) is 0 Å². The van der Waals surface area contributed by atoms with Gasteiger partial charge in [-0.1, -0.05) is 31.2 Å². The summed E-state index contributed by atoms with van der Waals surface area (Å²) in [6, 6.07) is 8.82. The molecule has 1 aromatic rings. The molecule has 2 aliphatic heterocycles. The minimum Gasteiger partial charge on any atom is -0.336 e. The molecule has 1 aromatic carbocycles. The molecule has 0 aromatic heterocycles. The van der Waals surface area contributed by atoms with Crippen molar-refractivity contribution in [2.75, 3.05) is 19.6 Å². The van der Waals surface area contributed by atoms with E-state index >= 15 is 0 Å². The molecule has 1 amide bonds. The summed E-state index contributed by atoms with van der Waals surface area (Å²) in [6.45, 7) is 7.56. The highest BCUT2D eigenvalue weighted by atomic mass is 16.2. The van der Waals surface area contributed by atoms with E-state index in [-0.39, 0.29) is 0 Å². The Kier molecular flexibility index (Phi) is 5.37. The van der Waals surface area contributed by atoms with Gasteiger partial charge in [0.15, 0.2) is 0 Å². The molecule has 0 spiro atoms. The smallest absolute Gasteiger partial charge is 0.223 e. The minimum atomic E-state index is 0.292. The van der Waals surface area contributed by atoms with Gasteiger partial charge in [-0.15, -0.1) is 0 Å². The molecule has 2 aliphatic rings. The molecule has 0 saturated carbocycles. The van der Waals surface area contributed by atoms with Crippen molar-refractivity contribution in [3.05, 3.63) is 35.4 Å². The fraction of sp³-hybridized carbons (Fsp3) is 0.650. The molecule has 23 heavy (non-hydrogen) atoms. The zero-order chi connectivity index (χ0) is 16.2. The van der Waals surface area contributed by atoms with Gasteiger partial charge in [-0.3, -0.25) is 4.79 Å². The lowest BCUT2D eigenvalue weighted by Crippen LogP contribution is -2.37. The maximum absolute atomic E-state index is 12.9. The van der Waals surface area contributed by atoms with Gasteiger partial charge in [-0.05, 0) is 68.7 Å². The number of likely N-dealkylation sites (tertiary alicyclic amines) is 1. The van der Waals surface area contributed by atoms with Crippen LogP contribution in [-0.4, -0.2) is 30.4 Å². The van der Waals surface area contributed by atoms with Gasteiger partial charge in [0.25, 0.3) is 0 Å². The van der Waals surface area contributed by atoms with E-state index in [0.29, 0.717) is 30.2 Å². The van der Waals surface area contributed by atoms with Gasteiger partial charge in [0.1, 0.15) is 0 Å². The van der Waals surface area contributed by atoms with Crippen LogP contribution in [0.5, 0.6) is 0 Å². The van der Waals surface area contributed by atoms with E-state index in [2.05, 4.69) is 48.3 Å². The Hall–Kier alpha value is -1.35. The highest BCUT2D eigenvalue weighted by Gasteiger charge is 2.32. The average Bonchev–Trinajstić information content (AvgIpc) is 3.05. The summed E-state index contributed by atoms with van der Waals surface area (Å²) in [4.78, 5) is 15.0. The minimum absolute atomic E-state index is 0.292. The first-order valence-electron chi connectivity index (χ1n) is 9.22. The topological polar surface area (TPSA) is 32.3 Å². The predicted octanol–water partition coefficient (Wildman–Crippen LogP) is 3.68. The highest BCUT2D eigenvalue weighted by Crippen LogP contribution is 2.35. The first-order chi connectivity index (χ1) is 11.2. The van der Waals surface area contributed by atoms with Crippen LogP contribution in [-0.2, 0) is 4.79 Å². The van der Waals surface area contributed by atoms with Crippen LogP contribution in [0.25, 0.3) is 0 Å². The molecule has 126 valence electrons. The van der Waals surface area contributed by atoms with Crippen molar-refractivity contribution in [1.82, 2.24) is 10.2 Å². The number of piperidine rings is 1. The van der Waals surface area contributed by atoms with Crippen molar-refractivity contribution in [3.8, 4) is 0 Å². The number of benzene rings is 1. The Bertz CT molecular complexity index is 536. The SMILES string of the molecule is Cc1ccccc1C1CCCN1C(=O)CC(C)C1CCCNC1. The highest BCUT2D eigenvalue weighted by molar-refractivity contribution is 5.77. The Balaban J connectivity index is 1.65. The molecule has 3 unspecified atom stereocenters. The van der Waals surface area contributed by atoms with Gasteiger partial charge in [-0.25, -0.2) is 0 Å². The maximum Gasteiger partial charge on any atom is 0.223 e. The summed E-state index contributed by atoms with van der Waals surface area (Å²) in [5, 5.41) is 3.48. The zero-order valence-corrected chi connectivity index (χ0v) is 14.6. The molecular weight excluding hydrogens is 284 g/mol. The van der Waals surface area contributed by atoms with Gasteiger partial charge >= 0.3 is 0 Å². The van der Waals surface area contributed by atoms with E-state index in [1.54, 1.807) is 0 Å². The fourth-order valence-corrected chi connectivity index (χ4v) is 4.27. The fourth-order valence-electron chi connectivity index (χ4n) is 4.27. The van der Waals surface area contributed by atoms with Crippen molar-refractivity contribution in [1.29, 1.82) is 0 Å². The molecule has 0 aliphatic carbocycles. The quantitative estimate of drug-likeness (QED) is 0.919. The van der Waals surface area contributed by atoms with E-state index in [9.17, 15) is 4.79 Å². The van der Waals surface area contributed by atoms with Gasteiger partial charge in [0.2, 0.25) is 5.91 Å². The monoisotopic (exact) mass is 314 g/mol. The van der Waals surface area contributed by atoms with E-state index in [1.807, 2.05) is 0 Å². The summed E-state index contributed by atoms with van der Waals surface area (Å²) in [5.74, 6) is 1.49. The summed E-state index contributed by atoms with van der Waals surface area (Å²) in [7, 11) is 0. The van der Waals surface area contributed by atoms with Crippen molar-refractivity contribution >= 4 is 5.91 Å². The van der Waals surface area contributed by atoms with Gasteiger partial charge in [0.05, 0.1) is 6.04 Å². The summed E-state index contributed by atoms with van der Waals surface area (Å²) in [5.41, 5.74) is 2.65. The summed E-state index contributed by atoms with van der Waals surface area (Å²) < 4.78 is 0. The van der Waals surface area contributed by atoms with Crippen LogP contribution in [0, 0.1) is 18.8 Å². The molecule has 2 saturated heterocycles. The summed E-state index contributed by atoms with van der Waals surface area (Å²) >= 11 is 0. The van der Waals surface area contributed by atoms with Crippen molar-refractivity contribution in [2.45, 2.75) is 52.0 Å². The lowest BCUT2D eigenvalue weighted by atomic mass is 9.85. The number of amides is 1. The second-order valence-corrected chi connectivity index (χ2v) is 7.39. The standard InChI is InChI=1S/C20H30N2O/c1-15-7-3-4-9-18(15)19-10-6-12-22(19)20(23)13-16(2)17-8-5-11-21-14-17/h3-4,7,9,16-17,19,21H,5-6,8,10-14H2,1-2H3. The number of nitrogens with zero attached hydrogens (tertiary/aromatic N) is 1. The second-order valence-electron chi connectivity index (χ2n) is 7.39. The third-order valence-electron chi connectivity index (χ3n) is 5.76. The van der Waals surface area contributed by atoms with Gasteiger partial charge in [-0.2, -0.15) is 0 Å². The molecule has 0 radical (unpaired) electrons. The molecule has 2 heterocycles. The largest absolute Gasteiger partial charge is 0.336 e. The Morgan fingerprint density at radius 2 is 2.13 bits per heavy atom. The van der Waals surface area contributed by atoms with Crippen LogP contribution in [0.15, 0.2) is 24.3 Å². The van der Waals surface area contributed by atoms with E-state index in [1.165, 1.54) is 24.0 Å². The number of hydrogen-bond acceptors (Lipinski definition) is 2. The van der Waals surface area contributed by atoms with Gasteiger partial charge < -0.3 is 10.2 Å². The van der Waals surface area contributed by atoms with Crippen LogP contribution >= 0.6 is 0 Å². The summed E-state index contributed by atoms with van der Waals surface area (Å²) in [6.07, 6.45) is 5.45. The van der Waals surface area contributed by atoms with Crippen molar-refractivity contribution in [2.24, 2.45) is 11.8 Å². The van der Waals surface area contributed by atoms with E-state index in [4.69, 9.17) is 0 Å². The lowest BCUT2D eigenvalue weighted by Gasteiger charge is -2.31. The Morgan fingerprint density at radius 1 is 1.30 bits per heavy atom. The first kappa shape index (κ1) is 16.5. The molecule has 2 fully saturated rings. The van der Waals surface area contributed by atoms with Crippen LogP contribution in [0.3, 0.4) is 0 Å². The van der Waals surface area contributed by atoms with E-state index in [0.717, 1.165) is 32.5 Å². The number of nitrogens with one attached hydrogen (secondary N) is 1. The molecule has 3 nitrogen and oxygen atoms in total. The lowest BCUT2D eigenvalue weighted by molar-refractivity contribution is -0.133. The normalized spacial score (nSPS) is 26.3. The third kappa shape index (κ3) is 3.77. The number of rotatable bonds is 4. The number of hydrogen-bond donors (Lipinski definition) is 1. The number of carbonyl (C=O) groups excluding carboxylic acids is 1. The Labute approximate surface area is 140 Å². The molecule has 3 rings (SSSR count). The molecule has 3 heteroatoms. The Morgan fingerprint density at radius 3 is 2.87 bits per heavy atom. The maximum atomic E-state index is 12.9. The average molecular weight is 314 g/mol. The number of aryl methyl sites for hydroxylation is 1. The molecule has 0 bridgehead atoms.